The van der Waals surface area contributed by atoms with Crippen LogP contribution in [-0.4, -0.2) is 16.1 Å². The number of aromatic nitrogens is 1. The maximum absolute atomic E-state index is 11.2. The molecule has 4 rings (SSSR count). The number of hydrogen-bond donors (Lipinski definition) is 1. The number of hydrogen-bond acceptors (Lipinski definition) is 3. The zero-order valence-corrected chi connectivity index (χ0v) is 16.8. The lowest BCUT2D eigenvalue weighted by Gasteiger charge is -2.12. The molecule has 1 unspecified atom stereocenters. The molecule has 4 aromatic rings. The van der Waals surface area contributed by atoms with Crippen molar-refractivity contribution in [3.8, 4) is 5.75 Å². The van der Waals surface area contributed by atoms with Crippen molar-refractivity contribution in [3.63, 3.8) is 0 Å². The zero-order chi connectivity index (χ0) is 19.7. The van der Waals surface area contributed by atoms with Gasteiger partial charge < -0.3 is 9.84 Å². The predicted octanol–water partition coefficient (Wildman–Crippen LogP) is 5.92. The molecule has 4 nitrogen and oxygen atoms in total. The van der Waals surface area contributed by atoms with Gasteiger partial charge in [0.1, 0.15) is 12.4 Å². The molecular weight excluding hydrogens is 418 g/mol. The molecule has 0 spiro atoms. The van der Waals surface area contributed by atoms with Gasteiger partial charge in [0, 0.05) is 5.39 Å². The van der Waals surface area contributed by atoms with E-state index in [4.69, 9.17) is 4.74 Å². The second kappa shape index (κ2) is 7.60. The van der Waals surface area contributed by atoms with Crippen molar-refractivity contribution in [2.24, 2.45) is 0 Å². The molecule has 0 bridgehead atoms. The summed E-state index contributed by atoms with van der Waals surface area (Å²) in [6, 6.07) is 21.5. The molecule has 0 saturated heterocycles. The third kappa shape index (κ3) is 3.58. The Labute approximate surface area is 170 Å². The minimum Gasteiger partial charge on any atom is -0.486 e. The molecule has 1 heterocycles. The SMILES string of the molecule is CC(C(=O)O)c1ccc2c(Br)c(OCc3ccc4ccccc4n3)ccc2c1. The number of carbonyl (C=O) groups is 1. The summed E-state index contributed by atoms with van der Waals surface area (Å²) in [6.45, 7) is 2.05. The molecule has 0 aliphatic rings. The first-order chi connectivity index (χ1) is 13.5. The summed E-state index contributed by atoms with van der Waals surface area (Å²) >= 11 is 3.62. The van der Waals surface area contributed by atoms with E-state index in [1.807, 2.05) is 66.7 Å². The second-order valence-corrected chi connectivity index (χ2v) is 7.50. The van der Waals surface area contributed by atoms with E-state index >= 15 is 0 Å². The first-order valence-corrected chi connectivity index (χ1v) is 9.74. The Morgan fingerprint density at radius 2 is 1.86 bits per heavy atom. The van der Waals surface area contributed by atoms with Crippen molar-refractivity contribution >= 4 is 43.6 Å². The molecule has 0 radical (unpaired) electrons. The molecule has 0 fully saturated rings. The summed E-state index contributed by atoms with van der Waals surface area (Å²) < 4.78 is 6.84. The van der Waals surface area contributed by atoms with Gasteiger partial charge in [0.15, 0.2) is 0 Å². The molecule has 28 heavy (non-hydrogen) atoms. The number of nitrogens with zero attached hydrogens (tertiary/aromatic N) is 1. The smallest absolute Gasteiger partial charge is 0.310 e. The number of ether oxygens (including phenoxy) is 1. The number of carboxylic acids is 1. The zero-order valence-electron chi connectivity index (χ0n) is 15.2. The largest absolute Gasteiger partial charge is 0.486 e. The molecule has 3 aromatic carbocycles. The number of halogens is 1. The Kier molecular flexibility index (Phi) is 5.01. The van der Waals surface area contributed by atoms with Gasteiger partial charge in [0.05, 0.1) is 21.6 Å². The quantitative estimate of drug-likeness (QED) is 0.422. The average Bonchev–Trinajstić information content (AvgIpc) is 2.72. The van der Waals surface area contributed by atoms with Gasteiger partial charge in [0.25, 0.3) is 0 Å². The van der Waals surface area contributed by atoms with Crippen molar-refractivity contribution in [2.45, 2.75) is 19.4 Å². The van der Waals surface area contributed by atoms with Crippen LogP contribution in [0.5, 0.6) is 5.75 Å². The fourth-order valence-electron chi connectivity index (χ4n) is 3.15. The number of pyridine rings is 1. The Hall–Kier alpha value is -2.92. The van der Waals surface area contributed by atoms with Crippen LogP contribution >= 0.6 is 15.9 Å². The number of aliphatic carboxylic acids is 1. The van der Waals surface area contributed by atoms with Crippen LogP contribution in [0.2, 0.25) is 0 Å². The van der Waals surface area contributed by atoms with Crippen molar-refractivity contribution in [1.29, 1.82) is 0 Å². The van der Waals surface area contributed by atoms with E-state index in [9.17, 15) is 9.90 Å². The number of para-hydroxylation sites is 1. The van der Waals surface area contributed by atoms with E-state index in [2.05, 4.69) is 20.9 Å². The minimum absolute atomic E-state index is 0.364. The van der Waals surface area contributed by atoms with Crippen LogP contribution < -0.4 is 4.74 Å². The van der Waals surface area contributed by atoms with Gasteiger partial charge >= 0.3 is 5.97 Å². The Morgan fingerprint density at radius 3 is 2.68 bits per heavy atom. The van der Waals surface area contributed by atoms with Crippen LogP contribution in [-0.2, 0) is 11.4 Å². The lowest BCUT2D eigenvalue weighted by atomic mass is 9.98. The summed E-state index contributed by atoms with van der Waals surface area (Å²) in [5.41, 5.74) is 2.58. The number of rotatable bonds is 5. The maximum Gasteiger partial charge on any atom is 0.310 e. The van der Waals surface area contributed by atoms with Gasteiger partial charge in [-0.15, -0.1) is 0 Å². The summed E-state index contributed by atoms with van der Waals surface area (Å²) in [5, 5.41) is 12.3. The van der Waals surface area contributed by atoms with E-state index in [-0.39, 0.29) is 0 Å². The highest BCUT2D eigenvalue weighted by Gasteiger charge is 2.15. The van der Waals surface area contributed by atoms with Crippen LogP contribution in [0.3, 0.4) is 0 Å². The summed E-state index contributed by atoms with van der Waals surface area (Å²) in [4.78, 5) is 15.9. The molecule has 0 saturated carbocycles. The third-order valence-corrected chi connectivity index (χ3v) is 5.66. The van der Waals surface area contributed by atoms with Crippen LogP contribution in [0.1, 0.15) is 24.1 Å². The first-order valence-electron chi connectivity index (χ1n) is 8.95. The van der Waals surface area contributed by atoms with Gasteiger partial charge in [-0.3, -0.25) is 4.79 Å². The molecule has 0 aliphatic heterocycles. The second-order valence-electron chi connectivity index (χ2n) is 6.70. The summed E-state index contributed by atoms with van der Waals surface area (Å²) in [5.74, 6) is -0.652. The topological polar surface area (TPSA) is 59.4 Å². The fraction of sp³-hybridized carbons (Fsp3) is 0.130. The molecule has 1 atom stereocenters. The normalized spacial score (nSPS) is 12.2. The molecule has 1 aromatic heterocycles. The van der Waals surface area contributed by atoms with Gasteiger partial charge in [-0.1, -0.05) is 48.5 Å². The first kappa shape index (κ1) is 18.4. The van der Waals surface area contributed by atoms with Crippen molar-refractivity contribution in [3.05, 3.63) is 82.5 Å². The highest BCUT2D eigenvalue weighted by Crippen LogP contribution is 2.35. The van der Waals surface area contributed by atoms with Crippen LogP contribution in [0.15, 0.2) is 71.2 Å². The van der Waals surface area contributed by atoms with E-state index in [0.717, 1.165) is 43.2 Å². The molecule has 1 N–H and O–H groups in total. The van der Waals surface area contributed by atoms with Crippen LogP contribution in [0.25, 0.3) is 21.7 Å². The third-order valence-electron chi connectivity index (χ3n) is 4.84. The minimum atomic E-state index is -0.832. The Morgan fingerprint density at radius 1 is 1.07 bits per heavy atom. The van der Waals surface area contributed by atoms with E-state index in [1.54, 1.807) is 6.92 Å². The van der Waals surface area contributed by atoms with Crippen LogP contribution in [0.4, 0.5) is 0 Å². The van der Waals surface area contributed by atoms with Crippen molar-refractivity contribution in [1.82, 2.24) is 4.98 Å². The van der Waals surface area contributed by atoms with Gasteiger partial charge in [0.2, 0.25) is 0 Å². The van der Waals surface area contributed by atoms with Gasteiger partial charge in [-0.2, -0.15) is 0 Å². The summed E-state index contributed by atoms with van der Waals surface area (Å²) in [7, 11) is 0. The Bertz CT molecular complexity index is 1190. The van der Waals surface area contributed by atoms with Gasteiger partial charge in [-0.25, -0.2) is 4.98 Å². The standard InChI is InChI=1S/C23H18BrNO3/c1-14(23(26)27)16-7-10-19-17(12-16)8-11-21(22(19)24)28-13-18-9-6-15-4-2-3-5-20(15)25-18/h2-12,14H,13H2,1H3,(H,26,27). The lowest BCUT2D eigenvalue weighted by molar-refractivity contribution is -0.138. The van der Waals surface area contributed by atoms with Gasteiger partial charge in [-0.05, 0) is 57.4 Å². The van der Waals surface area contributed by atoms with Crippen molar-refractivity contribution < 1.29 is 14.6 Å². The molecule has 0 amide bonds. The van der Waals surface area contributed by atoms with E-state index in [0.29, 0.717) is 6.61 Å². The van der Waals surface area contributed by atoms with E-state index < -0.39 is 11.9 Å². The number of fused-ring (bicyclic) bond motifs is 2. The average molecular weight is 436 g/mol. The monoisotopic (exact) mass is 435 g/mol. The molecule has 140 valence electrons. The van der Waals surface area contributed by atoms with Crippen LogP contribution in [0, 0.1) is 0 Å². The molecular formula is C23H18BrNO3. The highest BCUT2D eigenvalue weighted by atomic mass is 79.9. The predicted molar refractivity (Wildman–Crippen MR) is 114 cm³/mol. The maximum atomic E-state index is 11.2. The fourth-order valence-corrected chi connectivity index (χ4v) is 3.76. The van der Waals surface area contributed by atoms with Crippen molar-refractivity contribution in [2.75, 3.05) is 0 Å². The number of carboxylic acid groups (broad SMARTS) is 1. The number of benzene rings is 3. The lowest BCUT2D eigenvalue weighted by Crippen LogP contribution is -2.07. The summed E-state index contributed by atoms with van der Waals surface area (Å²) in [6.07, 6.45) is 0. The molecule has 0 aliphatic carbocycles. The Balaban J connectivity index is 1.59. The molecule has 5 heteroatoms. The van der Waals surface area contributed by atoms with E-state index in [1.165, 1.54) is 0 Å². The highest BCUT2D eigenvalue weighted by molar-refractivity contribution is 9.10.